The molecule has 0 fully saturated rings. The Morgan fingerprint density at radius 1 is 1.07 bits per heavy atom. The summed E-state index contributed by atoms with van der Waals surface area (Å²) in [6.45, 7) is 4.84. The Labute approximate surface area is 158 Å². The van der Waals surface area contributed by atoms with E-state index in [1.807, 2.05) is 0 Å². The number of hydrogen-bond donors (Lipinski definition) is 1. The maximum Gasteiger partial charge on any atom is 0.408 e. The first-order chi connectivity index (χ1) is 12.5. The Morgan fingerprint density at radius 2 is 1.63 bits per heavy atom. The van der Waals surface area contributed by atoms with E-state index in [2.05, 4.69) is 5.32 Å². The second kappa shape index (κ2) is 9.73. The van der Waals surface area contributed by atoms with Crippen LogP contribution in [-0.2, 0) is 34.5 Å². The number of carbonyl (C=O) groups excluding carboxylic acids is 2. The SMILES string of the molecule is COc1ccc(COC(=O)C(NC(=O)OC(C)(C)C)P(=O)(OC)OC)cc1. The maximum atomic E-state index is 12.7. The summed E-state index contributed by atoms with van der Waals surface area (Å²) in [7, 11) is -0.267. The summed E-state index contributed by atoms with van der Waals surface area (Å²) in [6.07, 6.45) is -0.955. The zero-order valence-corrected chi connectivity index (χ0v) is 17.2. The van der Waals surface area contributed by atoms with Crippen molar-refractivity contribution < 1.29 is 37.4 Å². The summed E-state index contributed by atoms with van der Waals surface area (Å²) in [6, 6.07) is 6.81. The van der Waals surface area contributed by atoms with Crippen molar-refractivity contribution in [2.24, 2.45) is 0 Å². The van der Waals surface area contributed by atoms with Crippen molar-refractivity contribution in [3.8, 4) is 5.75 Å². The Bertz CT molecular complexity index is 675. The lowest BCUT2D eigenvalue weighted by molar-refractivity contribution is -0.145. The van der Waals surface area contributed by atoms with E-state index >= 15 is 0 Å². The zero-order chi connectivity index (χ0) is 20.7. The van der Waals surface area contributed by atoms with Crippen LogP contribution < -0.4 is 10.1 Å². The van der Waals surface area contributed by atoms with Gasteiger partial charge in [-0.2, -0.15) is 0 Å². The fourth-order valence-electron chi connectivity index (χ4n) is 1.93. The summed E-state index contributed by atoms with van der Waals surface area (Å²) in [5.74, 6) is -2.01. The van der Waals surface area contributed by atoms with E-state index in [0.29, 0.717) is 11.3 Å². The molecule has 0 aliphatic rings. The fourth-order valence-corrected chi connectivity index (χ4v) is 3.09. The molecule has 1 unspecified atom stereocenters. The van der Waals surface area contributed by atoms with Crippen LogP contribution in [0.1, 0.15) is 26.3 Å². The number of carbonyl (C=O) groups is 2. The van der Waals surface area contributed by atoms with E-state index in [4.69, 9.17) is 23.3 Å². The van der Waals surface area contributed by atoms with E-state index < -0.39 is 31.0 Å². The molecular formula is C17H26NO8P. The number of hydrogen-bond acceptors (Lipinski definition) is 8. The summed E-state index contributed by atoms with van der Waals surface area (Å²) in [5.41, 5.74) is -0.143. The molecule has 152 valence electrons. The van der Waals surface area contributed by atoms with Gasteiger partial charge in [0, 0.05) is 14.2 Å². The lowest BCUT2D eigenvalue weighted by Crippen LogP contribution is -2.44. The van der Waals surface area contributed by atoms with Crippen molar-refractivity contribution in [3.63, 3.8) is 0 Å². The quantitative estimate of drug-likeness (QED) is 0.521. The highest BCUT2D eigenvalue weighted by Gasteiger charge is 2.43. The molecule has 0 saturated heterocycles. The van der Waals surface area contributed by atoms with Crippen LogP contribution in [0, 0.1) is 0 Å². The third-order valence-corrected chi connectivity index (χ3v) is 5.23. The number of rotatable bonds is 8. The maximum absolute atomic E-state index is 12.7. The summed E-state index contributed by atoms with van der Waals surface area (Å²) in [4.78, 5) is 24.5. The molecule has 27 heavy (non-hydrogen) atoms. The minimum atomic E-state index is -4.01. The number of nitrogens with one attached hydrogen (secondary N) is 1. The fraction of sp³-hybridized carbons (Fsp3) is 0.529. The molecule has 0 spiro atoms. The van der Waals surface area contributed by atoms with Gasteiger partial charge < -0.3 is 23.3 Å². The molecule has 1 atom stereocenters. The average Bonchev–Trinajstić information content (AvgIpc) is 2.62. The second-order valence-corrected chi connectivity index (χ2v) is 8.74. The van der Waals surface area contributed by atoms with Gasteiger partial charge in [0.2, 0.25) is 5.78 Å². The van der Waals surface area contributed by atoms with E-state index in [0.717, 1.165) is 14.2 Å². The number of benzene rings is 1. The van der Waals surface area contributed by atoms with E-state index in [9.17, 15) is 14.2 Å². The predicted molar refractivity (Wildman–Crippen MR) is 97.6 cm³/mol. The van der Waals surface area contributed by atoms with Gasteiger partial charge >= 0.3 is 19.7 Å². The monoisotopic (exact) mass is 403 g/mol. The zero-order valence-electron chi connectivity index (χ0n) is 16.3. The van der Waals surface area contributed by atoms with Crippen LogP contribution in [0.3, 0.4) is 0 Å². The molecule has 1 N–H and O–H groups in total. The average molecular weight is 403 g/mol. The number of alkyl carbamates (subject to hydrolysis) is 1. The Morgan fingerprint density at radius 3 is 2.07 bits per heavy atom. The minimum absolute atomic E-state index is 0.108. The van der Waals surface area contributed by atoms with Crippen LogP contribution in [0.15, 0.2) is 24.3 Å². The number of amides is 1. The molecule has 1 aromatic carbocycles. The molecule has 9 nitrogen and oxygen atoms in total. The normalized spacial score (nSPS) is 12.8. The molecular weight excluding hydrogens is 377 g/mol. The smallest absolute Gasteiger partial charge is 0.408 e. The topological polar surface area (TPSA) is 109 Å². The highest BCUT2D eigenvalue weighted by molar-refractivity contribution is 7.55. The third kappa shape index (κ3) is 7.21. The number of ether oxygens (including phenoxy) is 3. The van der Waals surface area contributed by atoms with Crippen molar-refractivity contribution in [3.05, 3.63) is 29.8 Å². The van der Waals surface area contributed by atoms with E-state index in [1.54, 1.807) is 45.0 Å². The standard InChI is InChI=1S/C17H26NO8P/c1-17(2,3)26-16(20)18-14(27(21,23-5)24-6)15(19)25-11-12-7-9-13(22-4)10-8-12/h7-10,14H,11H2,1-6H3,(H,18,20). The molecule has 1 rings (SSSR count). The van der Waals surface area contributed by atoms with E-state index in [1.165, 1.54) is 7.11 Å². The van der Waals surface area contributed by atoms with Crippen LogP contribution in [0.25, 0.3) is 0 Å². The molecule has 1 aromatic rings. The van der Waals surface area contributed by atoms with Gasteiger partial charge in [-0.1, -0.05) is 12.1 Å². The number of esters is 1. The van der Waals surface area contributed by atoms with Gasteiger partial charge in [0.15, 0.2) is 0 Å². The summed E-state index contributed by atoms with van der Waals surface area (Å²) >= 11 is 0. The first-order valence-electron chi connectivity index (χ1n) is 8.05. The molecule has 0 bridgehead atoms. The lowest BCUT2D eigenvalue weighted by Gasteiger charge is -2.26. The van der Waals surface area contributed by atoms with Crippen LogP contribution in [-0.4, -0.2) is 44.8 Å². The Kier molecular flexibility index (Phi) is 8.27. The Balaban J connectivity index is 2.88. The van der Waals surface area contributed by atoms with Crippen LogP contribution >= 0.6 is 7.60 Å². The molecule has 0 heterocycles. The lowest BCUT2D eigenvalue weighted by atomic mass is 10.2. The summed E-state index contributed by atoms with van der Waals surface area (Å²) in [5, 5.41) is 2.20. The minimum Gasteiger partial charge on any atom is -0.497 e. The Hall–Kier alpha value is -2.09. The van der Waals surface area contributed by atoms with Crippen LogP contribution in [0.4, 0.5) is 4.79 Å². The van der Waals surface area contributed by atoms with Crippen molar-refractivity contribution in [1.82, 2.24) is 5.32 Å². The van der Waals surface area contributed by atoms with Gasteiger partial charge in [0.1, 0.15) is 18.0 Å². The molecule has 10 heteroatoms. The molecule has 0 saturated carbocycles. The van der Waals surface area contributed by atoms with Gasteiger partial charge in [0.25, 0.3) is 0 Å². The molecule has 1 amide bonds. The van der Waals surface area contributed by atoms with Gasteiger partial charge in [-0.25, -0.2) is 9.59 Å². The second-order valence-electron chi connectivity index (χ2n) is 6.41. The first-order valence-corrected chi connectivity index (χ1v) is 9.66. The predicted octanol–water partition coefficient (Wildman–Crippen LogP) is 3.08. The highest BCUT2D eigenvalue weighted by atomic mass is 31.2. The van der Waals surface area contributed by atoms with Crippen molar-refractivity contribution in [2.75, 3.05) is 21.3 Å². The van der Waals surface area contributed by atoms with Gasteiger partial charge in [-0.05, 0) is 38.5 Å². The van der Waals surface area contributed by atoms with Crippen molar-refractivity contribution in [1.29, 1.82) is 0 Å². The molecule has 0 aliphatic carbocycles. The van der Waals surface area contributed by atoms with Crippen LogP contribution in [0.5, 0.6) is 5.75 Å². The third-order valence-electron chi connectivity index (χ3n) is 3.24. The summed E-state index contributed by atoms with van der Waals surface area (Å²) < 4.78 is 37.6. The largest absolute Gasteiger partial charge is 0.497 e. The van der Waals surface area contributed by atoms with Gasteiger partial charge in [-0.3, -0.25) is 9.88 Å². The number of methoxy groups -OCH3 is 1. The van der Waals surface area contributed by atoms with Crippen LogP contribution in [0.2, 0.25) is 0 Å². The van der Waals surface area contributed by atoms with Gasteiger partial charge in [-0.15, -0.1) is 0 Å². The molecule has 0 aromatic heterocycles. The van der Waals surface area contributed by atoms with Gasteiger partial charge in [0.05, 0.1) is 7.11 Å². The first kappa shape index (κ1) is 23.0. The van der Waals surface area contributed by atoms with Crippen molar-refractivity contribution in [2.45, 2.75) is 38.8 Å². The van der Waals surface area contributed by atoms with E-state index in [-0.39, 0.29) is 6.61 Å². The molecule has 0 radical (unpaired) electrons. The highest BCUT2D eigenvalue weighted by Crippen LogP contribution is 2.51. The molecule has 0 aliphatic heterocycles. The van der Waals surface area contributed by atoms with Crippen molar-refractivity contribution >= 4 is 19.7 Å².